The molecular weight excluding hydrogens is 220 g/mol. The number of ether oxygens (including phenoxy) is 1. The predicted molar refractivity (Wildman–Crippen MR) is 59.4 cm³/mol. The number of rotatable bonds is 2. The number of fused-ring (bicyclic) bond motifs is 1. The Morgan fingerprint density at radius 3 is 2.94 bits per heavy atom. The van der Waals surface area contributed by atoms with Gasteiger partial charge in [0.2, 0.25) is 11.3 Å². The van der Waals surface area contributed by atoms with E-state index >= 15 is 0 Å². The lowest BCUT2D eigenvalue weighted by atomic mass is 10.1. The molecule has 3 rings (SSSR count). The standard InChI is InChI=1S/C11H8N4O2/c1-16-8-4-2-3-7(5-8)9-6-12-10-11(13-9)15-17-14-10/h2-6H,1H3. The van der Waals surface area contributed by atoms with Crippen LogP contribution in [0, 0.1) is 0 Å². The van der Waals surface area contributed by atoms with Crippen molar-refractivity contribution in [1.29, 1.82) is 0 Å². The van der Waals surface area contributed by atoms with Crippen molar-refractivity contribution in [3.05, 3.63) is 30.5 Å². The van der Waals surface area contributed by atoms with E-state index in [2.05, 4.69) is 24.9 Å². The monoisotopic (exact) mass is 228 g/mol. The molecule has 17 heavy (non-hydrogen) atoms. The van der Waals surface area contributed by atoms with Gasteiger partial charge in [0.25, 0.3) is 0 Å². The molecule has 84 valence electrons. The Balaban J connectivity index is 2.12. The van der Waals surface area contributed by atoms with Crippen molar-refractivity contribution in [2.75, 3.05) is 7.11 Å². The number of aromatic nitrogens is 4. The maximum atomic E-state index is 5.15. The molecule has 6 heteroatoms. The van der Waals surface area contributed by atoms with E-state index < -0.39 is 0 Å². The first-order valence-electron chi connectivity index (χ1n) is 4.96. The fourth-order valence-corrected chi connectivity index (χ4v) is 1.52. The molecule has 0 unspecified atom stereocenters. The molecule has 0 radical (unpaired) electrons. The number of hydrogen-bond acceptors (Lipinski definition) is 6. The minimum Gasteiger partial charge on any atom is -0.497 e. The molecule has 2 aromatic heterocycles. The lowest BCUT2D eigenvalue weighted by Gasteiger charge is -2.02. The van der Waals surface area contributed by atoms with Crippen molar-refractivity contribution in [3.63, 3.8) is 0 Å². The third-order valence-corrected chi connectivity index (χ3v) is 2.36. The summed E-state index contributed by atoms with van der Waals surface area (Å²) in [5.41, 5.74) is 2.40. The summed E-state index contributed by atoms with van der Waals surface area (Å²) in [7, 11) is 1.62. The van der Waals surface area contributed by atoms with Gasteiger partial charge >= 0.3 is 0 Å². The van der Waals surface area contributed by atoms with E-state index in [4.69, 9.17) is 4.74 Å². The smallest absolute Gasteiger partial charge is 0.243 e. The molecular formula is C11H8N4O2. The van der Waals surface area contributed by atoms with Crippen molar-refractivity contribution < 1.29 is 9.37 Å². The molecule has 0 saturated carbocycles. The molecule has 0 fully saturated rings. The maximum absolute atomic E-state index is 5.15. The maximum Gasteiger partial charge on any atom is 0.243 e. The van der Waals surface area contributed by atoms with Crippen LogP contribution >= 0.6 is 0 Å². The van der Waals surface area contributed by atoms with Gasteiger partial charge in [-0.25, -0.2) is 14.6 Å². The Morgan fingerprint density at radius 2 is 2.06 bits per heavy atom. The highest BCUT2D eigenvalue weighted by atomic mass is 16.6. The summed E-state index contributed by atoms with van der Waals surface area (Å²) in [4.78, 5) is 8.40. The molecule has 0 aliphatic heterocycles. The van der Waals surface area contributed by atoms with Crippen LogP contribution in [0.2, 0.25) is 0 Å². The topological polar surface area (TPSA) is 73.9 Å². The average Bonchev–Trinajstić information content (AvgIpc) is 2.86. The Hall–Kier alpha value is -2.50. The van der Waals surface area contributed by atoms with Crippen molar-refractivity contribution in [2.45, 2.75) is 0 Å². The van der Waals surface area contributed by atoms with Crippen LogP contribution in [0.15, 0.2) is 35.1 Å². The highest BCUT2D eigenvalue weighted by Crippen LogP contribution is 2.22. The molecule has 6 nitrogen and oxygen atoms in total. The highest BCUT2D eigenvalue weighted by Gasteiger charge is 2.07. The Bertz CT molecular complexity index is 665. The van der Waals surface area contributed by atoms with Gasteiger partial charge in [0.15, 0.2) is 0 Å². The fraction of sp³-hybridized carbons (Fsp3) is 0.0909. The second kappa shape index (κ2) is 3.82. The van der Waals surface area contributed by atoms with Gasteiger partial charge in [0, 0.05) is 5.56 Å². The van der Waals surface area contributed by atoms with Crippen LogP contribution in [0.25, 0.3) is 22.6 Å². The molecule has 0 saturated heterocycles. The fourth-order valence-electron chi connectivity index (χ4n) is 1.52. The van der Waals surface area contributed by atoms with Gasteiger partial charge in [-0.15, -0.1) is 0 Å². The highest BCUT2D eigenvalue weighted by molar-refractivity contribution is 5.69. The van der Waals surface area contributed by atoms with E-state index in [-0.39, 0.29) is 0 Å². The summed E-state index contributed by atoms with van der Waals surface area (Å²) in [6, 6.07) is 7.56. The first-order valence-corrected chi connectivity index (χ1v) is 4.96. The molecule has 0 bridgehead atoms. The van der Waals surface area contributed by atoms with Crippen molar-refractivity contribution in [2.24, 2.45) is 0 Å². The second-order valence-electron chi connectivity index (χ2n) is 3.40. The van der Waals surface area contributed by atoms with E-state index in [1.807, 2.05) is 24.3 Å². The van der Waals surface area contributed by atoms with Gasteiger partial charge in [-0.2, -0.15) is 0 Å². The summed E-state index contributed by atoms with van der Waals surface area (Å²) in [6.07, 6.45) is 1.63. The molecule has 0 atom stereocenters. The molecule has 0 N–H and O–H groups in total. The zero-order chi connectivity index (χ0) is 11.7. The molecule has 0 amide bonds. The normalized spacial score (nSPS) is 10.6. The van der Waals surface area contributed by atoms with Crippen LogP contribution in [-0.2, 0) is 0 Å². The SMILES string of the molecule is COc1cccc(-c2cnc3nonc3n2)c1. The lowest BCUT2D eigenvalue weighted by molar-refractivity contribution is 0.314. The van der Waals surface area contributed by atoms with Crippen molar-refractivity contribution in [1.82, 2.24) is 20.3 Å². The Labute approximate surface area is 96.2 Å². The van der Waals surface area contributed by atoms with E-state index in [9.17, 15) is 0 Å². The molecule has 1 aromatic carbocycles. The summed E-state index contributed by atoms with van der Waals surface area (Å²) in [6.45, 7) is 0. The summed E-state index contributed by atoms with van der Waals surface area (Å²) in [5, 5.41) is 7.26. The molecule has 3 aromatic rings. The van der Waals surface area contributed by atoms with Gasteiger partial charge in [-0.1, -0.05) is 12.1 Å². The van der Waals surface area contributed by atoms with Crippen LogP contribution in [0.4, 0.5) is 0 Å². The zero-order valence-corrected chi connectivity index (χ0v) is 8.99. The number of nitrogens with zero attached hydrogens (tertiary/aromatic N) is 4. The van der Waals surface area contributed by atoms with Crippen LogP contribution in [0.1, 0.15) is 0 Å². The summed E-state index contributed by atoms with van der Waals surface area (Å²) < 4.78 is 9.71. The molecule has 0 aliphatic carbocycles. The van der Waals surface area contributed by atoms with Gasteiger partial charge in [-0.3, -0.25) is 0 Å². The molecule has 2 heterocycles. The Kier molecular flexibility index (Phi) is 2.18. The third-order valence-electron chi connectivity index (χ3n) is 2.36. The van der Waals surface area contributed by atoms with Crippen LogP contribution in [-0.4, -0.2) is 27.4 Å². The van der Waals surface area contributed by atoms with Gasteiger partial charge in [0.1, 0.15) is 5.75 Å². The molecule has 0 spiro atoms. The summed E-state index contributed by atoms with van der Waals surface area (Å²) in [5.74, 6) is 0.766. The number of benzene rings is 1. The predicted octanol–water partition coefficient (Wildman–Crippen LogP) is 1.69. The number of methoxy groups -OCH3 is 1. The second-order valence-corrected chi connectivity index (χ2v) is 3.40. The minimum absolute atomic E-state index is 0.394. The van der Waals surface area contributed by atoms with Crippen molar-refractivity contribution in [3.8, 4) is 17.0 Å². The van der Waals surface area contributed by atoms with Gasteiger partial charge in [-0.05, 0) is 22.4 Å². The zero-order valence-electron chi connectivity index (χ0n) is 8.99. The van der Waals surface area contributed by atoms with Gasteiger partial charge in [0.05, 0.1) is 19.0 Å². The van der Waals surface area contributed by atoms with Crippen LogP contribution < -0.4 is 4.74 Å². The third kappa shape index (κ3) is 1.69. The first kappa shape index (κ1) is 9.71. The molecule has 0 aliphatic rings. The van der Waals surface area contributed by atoms with Gasteiger partial charge < -0.3 is 4.74 Å². The van der Waals surface area contributed by atoms with E-state index in [0.717, 1.165) is 11.3 Å². The largest absolute Gasteiger partial charge is 0.497 e. The quantitative estimate of drug-likeness (QED) is 0.664. The average molecular weight is 228 g/mol. The first-order chi connectivity index (χ1) is 8.36. The summed E-state index contributed by atoms with van der Waals surface area (Å²) >= 11 is 0. The number of hydrogen-bond donors (Lipinski definition) is 0. The van der Waals surface area contributed by atoms with Crippen LogP contribution in [0.5, 0.6) is 5.75 Å². The van der Waals surface area contributed by atoms with Crippen molar-refractivity contribution >= 4 is 11.3 Å². The van der Waals surface area contributed by atoms with E-state index in [0.29, 0.717) is 17.0 Å². The minimum atomic E-state index is 0.394. The Morgan fingerprint density at radius 1 is 1.18 bits per heavy atom. The lowest BCUT2D eigenvalue weighted by Crippen LogP contribution is -1.89. The van der Waals surface area contributed by atoms with E-state index in [1.54, 1.807) is 13.3 Å². The van der Waals surface area contributed by atoms with Crippen LogP contribution in [0.3, 0.4) is 0 Å². The van der Waals surface area contributed by atoms with E-state index in [1.165, 1.54) is 0 Å².